The van der Waals surface area contributed by atoms with Gasteiger partial charge in [0.1, 0.15) is 16.0 Å². The average molecular weight is 343 g/mol. The summed E-state index contributed by atoms with van der Waals surface area (Å²) in [7, 11) is 3.23. The summed E-state index contributed by atoms with van der Waals surface area (Å²) < 4.78 is 11.7. The molecular weight excluding hydrogens is 324 g/mol. The molecule has 1 aromatic rings. The fourth-order valence-electron chi connectivity index (χ4n) is 2.73. The van der Waals surface area contributed by atoms with Crippen LogP contribution in [0.15, 0.2) is 10.5 Å². The van der Waals surface area contributed by atoms with Crippen LogP contribution in [-0.4, -0.2) is 25.3 Å². The summed E-state index contributed by atoms with van der Waals surface area (Å²) in [5.74, 6) is 0.687. The molecule has 0 aromatic heterocycles. The Bertz CT molecular complexity index is 535. The van der Waals surface area contributed by atoms with Crippen LogP contribution in [-0.2, 0) is 16.6 Å². The molecule has 0 bridgehead atoms. The van der Waals surface area contributed by atoms with Crippen molar-refractivity contribution in [3.63, 3.8) is 0 Å². The van der Waals surface area contributed by atoms with Crippen LogP contribution < -0.4 is 9.47 Å². The first-order valence-corrected chi connectivity index (χ1v) is 7.44. The fourth-order valence-corrected chi connectivity index (χ4v) is 3.52. The fraction of sp³-hybridized carbons (Fsp3) is 0.533. The van der Waals surface area contributed by atoms with E-state index < -0.39 is 5.97 Å². The zero-order valence-corrected chi connectivity index (χ0v) is 13.5. The van der Waals surface area contributed by atoms with E-state index in [2.05, 4.69) is 22.9 Å². The lowest BCUT2D eigenvalue weighted by Gasteiger charge is -2.22. The zero-order valence-electron chi connectivity index (χ0n) is 12.0. The lowest BCUT2D eigenvalue weighted by atomic mass is 9.89. The third kappa shape index (κ3) is 2.51. The highest BCUT2D eigenvalue weighted by atomic mass is 79.9. The summed E-state index contributed by atoms with van der Waals surface area (Å²) >= 11 is 3.53. The molecule has 0 spiro atoms. The predicted molar refractivity (Wildman–Crippen MR) is 79.8 cm³/mol. The highest BCUT2D eigenvalue weighted by Crippen LogP contribution is 2.56. The Morgan fingerprint density at radius 1 is 1.35 bits per heavy atom. The molecule has 20 heavy (non-hydrogen) atoms. The molecule has 0 atom stereocenters. The van der Waals surface area contributed by atoms with Gasteiger partial charge in [-0.2, -0.15) is 0 Å². The monoisotopic (exact) mass is 342 g/mol. The van der Waals surface area contributed by atoms with E-state index in [4.69, 9.17) is 14.6 Å². The van der Waals surface area contributed by atoms with E-state index in [1.54, 1.807) is 14.2 Å². The number of carboxylic acid groups (broad SMARTS) is 1. The minimum Gasteiger partial charge on any atom is -0.495 e. The number of hydrogen-bond donors (Lipinski definition) is 1. The lowest BCUT2D eigenvalue weighted by Crippen LogP contribution is -2.15. The molecule has 0 heterocycles. The van der Waals surface area contributed by atoms with Crippen molar-refractivity contribution in [2.45, 2.75) is 38.0 Å². The van der Waals surface area contributed by atoms with Crippen LogP contribution in [0.5, 0.6) is 11.5 Å². The van der Waals surface area contributed by atoms with E-state index in [1.165, 1.54) is 0 Å². The Morgan fingerprint density at radius 2 is 1.95 bits per heavy atom. The second kappa shape index (κ2) is 5.64. The molecule has 0 aliphatic heterocycles. The highest BCUT2D eigenvalue weighted by Gasteiger charge is 2.48. The summed E-state index contributed by atoms with van der Waals surface area (Å²) in [6, 6.07) is 2.04. The van der Waals surface area contributed by atoms with Crippen molar-refractivity contribution < 1.29 is 19.4 Å². The van der Waals surface area contributed by atoms with Crippen LogP contribution in [0.4, 0.5) is 0 Å². The molecular formula is C15H19BrO4. The van der Waals surface area contributed by atoms with Crippen molar-refractivity contribution in [1.82, 2.24) is 0 Å². The molecule has 1 N–H and O–H groups in total. The smallest absolute Gasteiger partial charge is 0.304 e. The highest BCUT2D eigenvalue weighted by molar-refractivity contribution is 9.10. The van der Waals surface area contributed by atoms with Crippen molar-refractivity contribution in [2.24, 2.45) is 0 Å². The summed E-state index contributed by atoms with van der Waals surface area (Å²) in [6.07, 6.45) is 2.74. The van der Waals surface area contributed by atoms with Crippen molar-refractivity contribution in [2.75, 3.05) is 14.2 Å². The molecule has 0 saturated heterocycles. The van der Waals surface area contributed by atoms with Gasteiger partial charge in [-0.15, -0.1) is 0 Å². The van der Waals surface area contributed by atoms with E-state index in [0.717, 1.165) is 40.6 Å². The van der Waals surface area contributed by atoms with E-state index in [1.807, 2.05) is 6.07 Å². The van der Waals surface area contributed by atoms with Gasteiger partial charge in [-0.05, 0) is 46.8 Å². The first kappa shape index (κ1) is 15.2. The summed E-state index contributed by atoms with van der Waals surface area (Å²) in [5, 5.41) is 9.13. The number of aryl methyl sites for hydroxylation is 1. The zero-order chi connectivity index (χ0) is 14.9. The predicted octanol–water partition coefficient (Wildman–Crippen LogP) is 3.54. The van der Waals surface area contributed by atoms with Crippen molar-refractivity contribution in [3.8, 4) is 11.5 Å². The molecule has 0 radical (unpaired) electrons. The summed E-state index contributed by atoms with van der Waals surface area (Å²) in [6.45, 7) is 2.05. The number of rotatable bonds is 6. The SMILES string of the molecule is CCc1cc(C2(CC(=O)O)CC2)c(OC)c(Br)c1OC. The van der Waals surface area contributed by atoms with Crippen LogP contribution in [0.1, 0.15) is 37.3 Å². The number of methoxy groups -OCH3 is 2. The lowest BCUT2D eigenvalue weighted by molar-refractivity contribution is -0.137. The summed E-state index contributed by atoms with van der Waals surface area (Å²) in [4.78, 5) is 11.1. The second-order valence-corrected chi connectivity index (χ2v) is 5.96. The number of halogens is 1. The van der Waals surface area contributed by atoms with Crippen LogP contribution >= 0.6 is 15.9 Å². The van der Waals surface area contributed by atoms with Crippen molar-refractivity contribution in [3.05, 3.63) is 21.7 Å². The van der Waals surface area contributed by atoms with Gasteiger partial charge in [0.25, 0.3) is 0 Å². The molecule has 4 nitrogen and oxygen atoms in total. The molecule has 110 valence electrons. The largest absolute Gasteiger partial charge is 0.495 e. The van der Waals surface area contributed by atoms with Gasteiger partial charge in [0.2, 0.25) is 0 Å². The average Bonchev–Trinajstić information content (AvgIpc) is 3.17. The Kier molecular flexibility index (Phi) is 4.28. The number of carbonyl (C=O) groups is 1. The number of carboxylic acids is 1. The van der Waals surface area contributed by atoms with E-state index >= 15 is 0 Å². The molecule has 1 aromatic carbocycles. The molecule has 2 rings (SSSR count). The van der Waals surface area contributed by atoms with E-state index in [-0.39, 0.29) is 11.8 Å². The number of aliphatic carboxylic acids is 1. The van der Waals surface area contributed by atoms with Gasteiger partial charge in [-0.3, -0.25) is 4.79 Å². The molecule has 1 aliphatic rings. The Morgan fingerprint density at radius 3 is 2.35 bits per heavy atom. The van der Waals surface area contributed by atoms with E-state index in [0.29, 0.717) is 5.75 Å². The third-order valence-corrected chi connectivity index (χ3v) is 4.68. The topological polar surface area (TPSA) is 55.8 Å². The van der Waals surface area contributed by atoms with Gasteiger partial charge in [-0.25, -0.2) is 0 Å². The quantitative estimate of drug-likeness (QED) is 0.858. The maximum absolute atomic E-state index is 11.1. The van der Waals surface area contributed by atoms with Gasteiger partial charge < -0.3 is 14.6 Å². The van der Waals surface area contributed by atoms with Crippen molar-refractivity contribution >= 4 is 21.9 Å². The Labute approximate surface area is 127 Å². The normalized spacial score (nSPS) is 15.8. The Balaban J connectivity index is 2.58. The van der Waals surface area contributed by atoms with E-state index in [9.17, 15) is 4.79 Å². The van der Waals surface area contributed by atoms with Crippen LogP contribution in [0.3, 0.4) is 0 Å². The first-order valence-electron chi connectivity index (χ1n) is 6.64. The number of hydrogen-bond acceptors (Lipinski definition) is 3. The maximum atomic E-state index is 11.1. The molecule has 1 aliphatic carbocycles. The molecule has 1 saturated carbocycles. The van der Waals surface area contributed by atoms with Crippen LogP contribution in [0, 0.1) is 0 Å². The maximum Gasteiger partial charge on any atom is 0.304 e. The first-order chi connectivity index (χ1) is 9.49. The second-order valence-electron chi connectivity index (χ2n) is 5.17. The number of benzene rings is 1. The summed E-state index contributed by atoms with van der Waals surface area (Å²) in [5.41, 5.74) is 1.76. The third-order valence-electron chi connectivity index (χ3n) is 3.96. The van der Waals surface area contributed by atoms with Gasteiger partial charge in [0.05, 0.1) is 20.6 Å². The number of ether oxygens (including phenoxy) is 2. The van der Waals surface area contributed by atoms with Gasteiger partial charge in [0, 0.05) is 11.0 Å². The van der Waals surface area contributed by atoms with Gasteiger partial charge in [0.15, 0.2) is 0 Å². The standard InChI is InChI=1S/C15H19BrO4/c1-4-9-7-10(15(5-6-15)8-11(17)18)14(20-3)12(16)13(9)19-2/h7H,4-6,8H2,1-3H3,(H,17,18). The minimum atomic E-state index is -0.769. The molecule has 1 fully saturated rings. The minimum absolute atomic E-state index is 0.144. The molecule has 5 heteroatoms. The Hall–Kier alpha value is -1.23. The van der Waals surface area contributed by atoms with Gasteiger partial charge >= 0.3 is 5.97 Å². The molecule has 0 amide bonds. The van der Waals surface area contributed by atoms with Crippen molar-refractivity contribution in [1.29, 1.82) is 0 Å². The molecule has 0 unspecified atom stereocenters. The van der Waals surface area contributed by atoms with Crippen LogP contribution in [0.2, 0.25) is 0 Å². The van der Waals surface area contributed by atoms with Gasteiger partial charge in [-0.1, -0.05) is 6.92 Å². The van der Waals surface area contributed by atoms with Crippen LogP contribution in [0.25, 0.3) is 0 Å².